The fourth-order valence-electron chi connectivity index (χ4n) is 3.66. The molecule has 0 spiro atoms. The third-order valence-electron chi connectivity index (χ3n) is 5.20. The Morgan fingerprint density at radius 1 is 1.24 bits per heavy atom. The molecule has 0 aliphatic carbocycles. The lowest BCUT2D eigenvalue weighted by atomic mass is 10.2. The number of carbonyl (C=O) groups excluding carboxylic acids is 1. The van der Waals surface area contributed by atoms with Crippen molar-refractivity contribution in [2.75, 3.05) is 25.0 Å². The molecule has 8 nitrogen and oxygen atoms in total. The van der Waals surface area contributed by atoms with E-state index in [1.54, 1.807) is 53.8 Å². The van der Waals surface area contributed by atoms with Crippen LogP contribution in [0.15, 0.2) is 57.3 Å². The summed E-state index contributed by atoms with van der Waals surface area (Å²) in [5.74, 6) is 1.83. The molecule has 1 unspecified atom stereocenters. The van der Waals surface area contributed by atoms with Crippen LogP contribution in [-0.4, -0.2) is 40.4 Å². The zero-order chi connectivity index (χ0) is 22.9. The average Bonchev–Trinajstić information content (AvgIpc) is 3.43. The minimum absolute atomic E-state index is 0.0958. The number of nitrogens with one attached hydrogen (secondary N) is 1. The van der Waals surface area contributed by atoms with E-state index in [4.69, 9.17) is 19.2 Å². The van der Waals surface area contributed by atoms with Gasteiger partial charge in [0, 0.05) is 23.4 Å². The van der Waals surface area contributed by atoms with Crippen LogP contribution in [0.3, 0.4) is 0 Å². The molecule has 1 atom stereocenters. The summed E-state index contributed by atoms with van der Waals surface area (Å²) < 4.78 is 17.5. The predicted octanol–water partition coefficient (Wildman–Crippen LogP) is 3.74. The van der Waals surface area contributed by atoms with Crippen molar-refractivity contribution < 1.29 is 19.0 Å². The Hall–Kier alpha value is -3.11. The lowest BCUT2D eigenvalue weighted by Gasteiger charge is -2.14. The molecule has 2 aliphatic heterocycles. The summed E-state index contributed by atoms with van der Waals surface area (Å²) in [4.78, 5) is 31.4. The van der Waals surface area contributed by atoms with Gasteiger partial charge in [-0.15, -0.1) is 11.8 Å². The molecular weight excluding hydrogens is 462 g/mol. The van der Waals surface area contributed by atoms with E-state index in [9.17, 15) is 9.59 Å². The quantitative estimate of drug-likeness (QED) is 0.419. The van der Waals surface area contributed by atoms with E-state index in [1.807, 2.05) is 12.1 Å². The fourth-order valence-corrected chi connectivity index (χ4v) is 5.58. The number of ether oxygens (including phenoxy) is 3. The van der Waals surface area contributed by atoms with Gasteiger partial charge in [-0.05, 0) is 36.4 Å². The first kappa shape index (κ1) is 21.7. The fraction of sp³-hybridized carbons (Fsp3) is 0.261. The molecule has 170 valence electrons. The van der Waals surface area contributed by atoms with Crippen LogP contribution in [0.1, 0.15) is 12.6 Å². The van der Waals surface area contributed by atoms with Gasteiger partial charge in [-0.1, -0.05) is 18.7 Å². The number of nitrogens with zero attached hydrogens (tertiary/aromatic N) is 2. The molecule has 0 bridgehead atoms. The number of aromatic nitrogens is 2. The smallest absolute Gasteiger partial charge is 0.272 e. The van der Waals surface area contributed by atoms with Crippen LogP contribution in [0.25, 0.3) is 5.69 Å². The van der Waals surface area contributed by atoms with Gasteiger partial charge in [-0.25, -0.2) is 4.98 Å². The second-order valence-electron chi connectivity index (χ2n) is 7.55. The van der Waals surface area contributed by atoms with Gasteiger partial charge in [0.2, 0.25) is 12.7 Å². The summed E-state index contributed by atoms with van der Waals surface area (Å²) in [5, 5.41) is 3.64. The predicted molar refractivity (Wildman–Crippen MR) is 127 cm³/mol. The van der Waals surface area contributed by atoms with Crippen molar-refractivity contribution in [1.82, 2.24) is 9.55 Å². The lowest BCUT2D eigenvalue weighted by Crippen LogP contribution is -2.24. The molecule has 1 N–H and O–H groups in total. The zero-order valence-corrected chi connectivity index (χ0v) is 19.6. The molecular formula is C23H21N3O5S2. The molecule has 0 saturated carbocycles. The summed E-state index contributed by atoms with van der Waals surface area (Å²) in [7, 11) is 1.59. The molecule has 3 aromatic rings. The highest BCUT2D eigenvalue weighted by atomic mass is 32.2. The first-order chi connectivity index (χ1) is 16.0. The van der Waals surface area contributed by atoms with E-state index in [2.05, 4.69) is 12.2 Å². The lowest BCUT2D eigenvalue weighted by molar-refractivity contribution is -0.113. The van der Waals surface area contributed by atoms with Crippen molar-refractivity contribution in [2.24, 2.45) is 0 Å². The second-order valence-corrected chi connectivity index (χ2v) is 9.94. The monoisotopic (exact) mass is 483 g/mol. The molecule has 10 heteroatoms. The maximum absolute atomic E-state index is 13.4. The number of amides is 1. The Morgan fingerprint density at radius 3 is 2.82 bits per heavy atom. The number of fused-ring (bicyclic) bond motifs is 2. The highest BCUT2D eigenvalue weighted by molar-refractivity contribution is 8.00. The first-order valence-electron chi connectivity index (χ1n) is 10.3. The number of rotatable bonds is 6. The molecule has 2 aromatic carbocycles. The number of thioether (sulfide) groups is 2. The van der Waals surface area contributed by atoms with E-state index in [0.717, 1.165) is 12.1 Å². The van der Waals surface area contributed by atoms with Gasteiger partial charge in [0.15, 0.2) is 16.7 Å². The van der Waals surface area contributed by atoms with Crippen molar-refractivity contribution in [2.45, 2.75) is 28.6 Å². The van der Waals surface area contributed by atoms with Gasteiger partial charge in [-0.2, -0.15) is 0 Å². The van der Waals surface area contributed by atoms with Gasteiger partial charge < -0.3 is 19.5 Å². The van der Waals surface area contributed by atoms with Crippen molar-refractivity contribution >= 4 is 35.1 Å². The summed E-state index contributed by atoms with van der Waals surface area (Å²) in [5.41, 5.74) is 1.97. The SMILES string of the molecule is COc1ccc(-n2c(SCC(=O)Nc3ccc4c(c3)OCO4)nc3c(c2=O)SC(C)C3)cc1. The van der Waals surface area contributed by atoms with E-state index < -0.39 is 0 Å². The third kappa shape index (κ3) is 4.40. The van der Waals surface area contributed by atoms with Crippen LogP contribution in [0.4, 0.5) is 5.69 Å². The number of methoxy groups -OCH3 is 1. The summed E-state index contributed by atoms with van der Waals surface area (Å²) >= 11 is 2.78. The number of hydrogen-bond donors (Lipinski definition) is 1. The van der Waals surface area contributed by atoms with Crippen LogP contribution in [0, 0.1) is 0 Å². The highest BCUT2D eigenvalue weighted by Crippen LogP contribution is 2.36. The summed E-state index contributed by atoms with van der Waals surface area (Å²) in [6, 6.07) is 12.5. The normalized spacial score (nSPS) is 15.9. The molecule has 5 rings (SSSR count). The largest absolute Gasteiger partial charge is 0.497 e. The highest BCUT2D eigenvalue weighted by Gasteiger charge is 2.27. The third-order valence-corrected chi connectivity index (χ3v) is 7.35. The Morgan fingerprint density at radius 2 is 2.03 bits per heavy atom. The molecule has 2 aliphatic rings. The van der Waals surface area contributed by atoms with Crippen LogP contribution >= 0.6 is 23.5 Å². The maximum Gasteiger partial charge on any atom is 0.272 e. The molecule has 33 heavy (non-hydrogen) atoms. The van der Waals surface area contributed by atoms with Crippen LogP contribution in [0.2, 0.25) is 0 Å². The minimum Gasteiger partial charge on any atom is -0.497 e. The topological polar surface area (TPSA) is 91.7 Å². The second kappa shape index (κ2) is 9.03. The standard InChI is InChI=1S/C23H21N3O5S2/c1-13-9-17-21(33-13)22(28)26(15-4-6-16(29-2)7-5-15)23(25-17)32-11-20(27)24-14-3-8-18-19(10-14)31-12-30-18/h3-8,10,13H,9,11-12H2,1-2H3,(H,24,27). The van der Waals surface area contributed by atoms with Gasteiger partial charge in [-0.3, -0.25) is 14.2 Å². The van der Waals surface area contributed by atoms with E-state index in [0.29, 0.717) is 43.9 Å². The van der Waals surface area contributed by atoms with Crippen LogP contribution in [0.5, 0.6) is 17.2 Å². The van der Waals surface area contributed by atoms with Crippen molar-refractivity contribution in [1.29, 1.82) is 0 Å². The first-order valence-corrected chi connectivity index (χ1v) is 12.2. The number of hydrogen-bond acceptors (Lipinski definition) is 8. The van der Waals surface area contributed by atoms with Crippen LogP contribution in [-0.2, 0) is 11.2 Å². The zero-order valence-electron chi connectivity index (χ0n) is 18.0. The van der Waals surface area contributed by atoms with Crippen molar-refractivity contribution in [3.05, 3.63) is 58.5 Å². The Kier molecular flexibility index (Phi) is 5.94. The van der Waals surface area contributed by atoms with Gasteiger partial charge in [0.1, 0.15) is 5.75 Å². The maximum atomic E-state index is 13.4. The number of carbonyl (C=O) groups is 1. The molecule has 1 aromatic heterocycles. The van der Waals surface area contributed by atoms with E-state index >= 15 is 0 Å². The van der Waals surface area contributed by atoms with Gasteiger partial charge in [0.05, 0.1) is 29.1 Å². The summed E-state index contributed by atoms with van der Waals surface area (Å²) in [6.45, 7) is 2.25. The summed E-state index contributed by atoms with van der Waals surface area (Å²) in [6.07, 6.45) is 0.732. The molecule has 0 radical (unpaired) electrons. The minimum atomic E-state index is -0.211. The number of anilines is 1. The van der Waals surface area contributed by atoms with E-state index in [-0.39, 0.29) is 24.0 Å². The molecule has 1 amide bonds. The van der Waals surface area contributed by atoms with Crippen molar-refractivity contribution in [3.8, 4) is 22.9 Å². The Labute approximate surface area is 198 Å². The van der Waals surface area contributed by atoms with Crippen LogP contribution < -0.4 is 25.1 Å². The van der Waals surface area contributed by atoms with Crippen molar-refractivity contribution in [3.63, 3.8) is 0 Å². The van der Waals surface area contributed by atoms with E-state index in [1.165, 1.54) is 11.8 Å². The molecule has 0 saturated heterocycles. The molecule has 0 fully saturated rings. The average molecular weight is 484 g/mol. The Balaban J connectivity index is 1.39. The Bertz CT molecular complexity index is 1280. The molecule has 3 heterocycles. The number of benzene rings is 2. The van der Waals surface area contributed by atoms with Gasteiger partial charge in [0.25, 0.3) is 5.56 Å². The van der Waals surface area contributed by atoms with Gasteiger partial charge >= 0.3 is 0 Å².